The molecule has 3 fully saturated rings. The van der Waals surface area contributed by atoms with Crippen molar-refractivity contribution in [1.82, 2.24) is 5.32 Å². The van der Waals surface area contributed by atoms with Gasteiger partial charge in [0.05, 0.1) is 0 Å². The molecule has 0 spiro atoms. The van der Waals surface area contributed by atoms with Gasteiger partial charge in [-0.15, -0.1) is 0 Å². The molecule has 3 aliphatic carbocycles. The highest BCUT2D eigenvalue weighted by atomic mass is 14.9. The fourth-order valence-corrected chi connectivity index (χ4v) is 5.47. The van der Waals surface area contributed by atoms with E-state index in [1.54, 1.807) is 25.7 Å². The molecule has 4 unspecified atom stereocenters. The predicted molar refractivity (Wildman–Crippen MR) is 86.8 cm³/mol. The highest BCUT2D eigenvalue weighted by Crippen LogP contribution is 2.50. The number of hydrogen-bond acceptors (Lipinski definition) is 1. The topological polar surface area (TPSA) is 12.0 Å². The van der Waals surface area contributed by atoms with Gasteiger partial charge in [-0.1, -0.05) is 45.4 Å². The first-order valence-electron chi connectivity index (χ1n) is 9.58. The van der Waals surface area contributed by atoms with Crippen LogP contribution in [0.15, 0.2) is 0 Å². The maximum atomic E-state index is 3.90. The Labute approximate surface area is 126 Å². The molecule has 3 saturated carbocycles. The molecule has 1 nitrogen and oxygen atoms in total. The largest absolute Gasteiger partial charge is 0.314 e. The summed E-state index contributed by atoms with van der Waals surface area (Å²) >= 11 is 0. The van der Waals surface area contributed by atoms with Crippen LogP contribution in [-0.4, -0.2) is 12.6 Å². The van der Waals surface area contributed by atoms with Crippen LogP contribution < -0.4 is 5.32 Å². The Kier molecular flexibility index (Phi) is 5.42. The van der Waals surface area contributed by atoms with Crippen molar-refractivity contribution >= 4 is 0 Å². The molecule has 0 aromatic heterocycles. The zero-order valence-corrected chi connectivity index (χ0v) is 13.6. The second-order valence-electron chi connectivity index (χ2n) is 8.06. The molecular formula is C19H35N. The summed E-state index contributed by atoms with van der Waals surface area (Å²) < 4.78 is 0. The smallest absolute Gasteiger partial charge is 0.00724 e. The van der Waals surface area contributed by atoms with Gasteiger partial charge in [-0.3, -0.25) is 0 Å². The van der Waals surface area contributed by atoms with E-state index in [4.69, 9.17) is 0 Å². The van der Waals surface area contributed by atoms with Crippen LogP contribution in [-0.2, 0) is 0 Å². The van der Waals surface area contributed by atoms with E-state index in [1.165, 1.54) is 57.9 Å². The second-order valence-corrected chi connectivity index (χ2v) is 8.06. The predicted octanol–water partition coefficient (Wildman–Crippen LogP) is 5.15. The minimum Gasteiger partial charge on any atom is -0.314 e. The van der Waals surface area contributed by atoms with Crippen molar-refractivity contribution in [1.29, 1.82) is 0 Å². The third-order valence-corrected chi connectivity index (χ3v) is 6.50. The van der Waals surface area contributed by atoms with Crippen molar-refractivity contribution in [3.63, 3.8) is 0 Å². The van der Waals surface area contributed by atoms with Crippen molar-refractivity contribution in [2.45, 2.75) is 90.0 Å². The molecule has 4 atom stereocenters. The molecule has 1 N–H and O–H groups in total. The Morgan fingerprint density at radius 3 is 2.45 bits per heavy atom. The number of nitrogens with one attached hydrogen (secondary N) is 1. The van der Waals surface area contributed by atoms with Gasteiger partial charge >= 0.3 is 0 Å². The van der Waals surface area contributed by atoms with Crippen LogP contribution >= 0.6 is 0 Å². The lowest BCUT2D eigenvalue weighted by atomic mass is 9.79. The Morgan fingerprint density at radius 1 is 0.950 bits per heavy atom. The lowest BCUT2D eigenvalue weighted by Gasteiger charge is -2.31. The summed E-state index contributed by atoms with van der Waals surface area (Å²) in [5.41, 5.74) is 0. The first kappa shape index (κ1) is 14.9. The third-order valence-electron chi connectivity index (χ3n) is 6.50. The number of hydrogen-bond donors (Lipinski definition) is 1. The van der Waals surface area contributed by atoms with Crippen LogP contribution in [0.2, 0.25) is 0 Å². The Morgan fingerprint density at radius 2 is 1.80 bits per heavy atom. The van der Waals surface area contributed by atoms with Gasteiger partial charge in [0.25, 0.3) is 0 Å². The molecule has 1 heteroatoms. The van der Waals surface area contributed by atoms with E-state index in [0.29, 0.717) is 0 Å². The van der Waals surface area contributed by atoms with E-state index in [9.17, 15) is 0 Å². The standard InChI is InChI=1S/C19H35N/c1-2-10-20-19(13-15-6-4-3-5-7-15)14-18-12-16-8-9-17(18)11-16/h15-20H,2-14H2,1H3. The quantitative estimate of drug-likeness (QED) is 0.678. The van der Waals surface area contributed by atoms with E-state index in [0.717, 1.165) is 29.7 Å². The highest BCUT2D eigenvalue weighted by Gasteiger charge is 2.40. The van der Waals surface area contributed by atoms with Crippen LogP contribution in [0.3, 0.4) is 0 Å². The van der Waals surface area contributed by atoms with Crippen LogP contribution in [0.1, 0.15) is 84.0 Å². The Hall–Kier alpha value is -0.0400. The Balaban J connectivity index is 1.49. The summed E-state index contributed by atoms with van der Waals surface area (Å²) in [4.78, 5) is 0. The molecular weight excluding hydrogens is 242 g/mol. The van der Waals surface area contributed by atoms with Crippen molar-refractivity contribution < 1.29 is 0 Å². The summed E-state index contributed by atoms with van der Waals surface area (Å²) in [6.45, 7) is 3.54. The fourth-order valence-electron chi connectivity index (χ4n) is 5.47. The van der Waals surface area contributed by atoms with E-state index >= 15 is 0 Å². The molecule has 0 aliphatic heterocycles. The van der Waals surface area contributed by atoms with Crippen LogP contribution in [0.25, 0.3) is 0 Å². The van der Waals surface area contributed by atoms with Gasteiger partial charge in [0.15, 0.2) is 0 Å². The zero-order chi connectivity index (χ0) is 13.8. The van der Waals surface area contributed by atoms with Crippen molar-refractivity contribution in [3.05, 3.63) is 0 Å². The van der Waals surface area contributed by atoms with Crippen molar-refractivity contribution in [2.24, 2.45) is 23.7 Å². The molecule has 20 heavy (non-hydrogen) atoms. The molecule has 116 valence electrons. The molecule has 0 aromatic carbocycles. The minimum atomic E-state index is 0.836. The summed E-state index contributed by atoms with van der Waals surface area (Å²) in [7, 11) is 0. The molecule has 0 amide bonds. The van der Waals surface area contributed by atoms with Crippen molar-refractivity contribution in [3.8, 4) is 0 Å². The normalized spacial score (nSPS) is 35.5. The monoisotopic (exact) mass is 277 g/mol. The fraction of sp³-hybridized carbons (Fsp3) is 1.00. The SMILES string of the molecule is CCCNC(CC1CCCCC1)CC1CC2CCC1C2. The highest BCUT2D eigenvalue weighted by molar-refractivity contribution is 4.92. The summed E-state index contributed by atoms with van der Waals surface area (Å²) in [6, 6.07) is 0.836. The maximum Gasteiger partial charge on any atom is 0.00724 e. The summed E-state index contributed by atoms with van der Waals surface area (Å²) in [5, 5.41) is 3.90. The van der Waals surface area contributed by atoms with Crippen LogP contribution in [0, 0.1) is 23.7 Å². The minimum absolute atomic E-state index is 0.836. The first-order chi connectivity index (χ1) is 9.85. The van der Waals surface area contributed by atoms with Crippen LogP contribution in [0.5, 0.6) is 0 Å². The molecule has 3 rings (SSSR count). The number of fused-ring (bicyclic) bond motifs is 2. The van der Waals surface area contributed by atoms with Gasteiger partial charge in [-0.25, -0.2) is 0 Å². The van der Waals surface area contributed by atoms with Gasteiger partial charge in [0.2, 0.25) is 0 Å². The van der Waals surface area contributed by atoms with Gasteiger partial charge in [-0.05, 0) is 68.7 Å². The molecule has 0 radical (unpaired) electrons. The third kappa shape index (κ3) is 3.78. The lowest BCUT2D eigenvalue weighted by Crippen LogP contribution is -2.35. The van der Waals surface area contributed by atoms with Gasteiger partial charge in [0.1, 0.15) is 0 Å². The Bertz CT molecular complexity index is 281. The zero-order valence-electron chi connectivity index (χ0n) is 13.6. The molecule has 0 heterocycles. The molecule has 2 bridgehead atoms. The van der Waals surface area contributed by atoms with Gasteiger partial charge in [0, 0.05) is 6.04 Å². The number of rotatable bonds is 7. The molecule has 0 saturated heterocycles. The van der Waals surface area contributed by atoms with Crippen LogP contribution in [0.4, 0.5) is 0 Å². The van der Waals surface area contributed by atoms with E-state index in [1.807, 2.05) is 0 Å². The van der Waals surface area contributed by atoms with Gasteiger partial charge < -0.3 is 5.32 Å². The maximum absolute atomic E-state index is 3.90. The lowest BCUT2D eigenvalue weighted by molar-refractivity contribution is 0.235. The summed E-state index contributed by atoms with van der Waals surface area (Å²) in [6.07, 6.45) is 18.0. The summed E-state index contributed by atoms with van der Waals surface area (Å²) in [5.74, 6) is 4.34. The average Bonchev–Trinajstić information content (AvgIpc) is 3.08. The average molecular weight is 277 g/mol. The van der Waals surface area contributed by atoms with E-state index < -0.39 is 0 Å². The molecule has 3 aliphatic rings. The van der Waals surface area contributed by atoms with Gasteiger partial charge in [-0.2, -0.15) is 0 Å². The van der Waals surface area contributed by atoms with E-state index in [-0.39, 0.29) is 0 Å². The molecule has 0 aromatic rings. The van der Waals surface area contributed by atoms with E-state index in [2.05, 4.69) is 12.2 Å². The second kappa shape index (κ2) is 7.29. The first-order valence-corrected chi connectivity index (χ1v) is 9.58. The van der Waals surface area contributed by atoms with Crippen molar-refractivity contribution in [2.75, 3.05) is 6.54 Å².